The summed E-state index contributed by atoms with van der Waals surface area (Å²) >= 11 is 0. The van der Waals surface area contributed by atoms with Crippen LogP contribution < -0.4 is 0 Å². The highest BCUT2D eigenvalue weighted by atomic mass is 16.2. The van der Waals surface area contributed by atoms with Crippen LogP contribution in [0, 0.1) is 16.7 Å². The summed E-state index contributed by atoms with van der Waals surface area (Å²) in [5.74, 6) is 0.700. The summed E-state index contributed by atoms with van der Waals surface area (Å²) in [5.41, 5.74) is 4.30. The molecule has 1 saturated carbocycles. The van der Waals surface area contributed by atoms with E-state index in [0.29, 0.717) is 31.5 Å². The van der Waals surface area contributed by atoms with E-state index < -0.39 is 5.41 Å². The largest absolute Gasteiger partial charge is 0.339 e. The summed E-state index contributed by atoms with van der Waals surface area (Å²) in [4.78, 5) is 23.6. The quantitative estimate of drug-likeness (QED) is 0.438. The van der Waals surface area contributed by atoms with Crippen LogP contribution in [0.4, 0.5) is 0 Å². The molecule has 1 aliphatic carbocycles. The van der Waals surface area contributed by atoms with Crippen LogP contribution in [0.25, 0.3) is 5.57 Å². The highest BCUT2D eigenvalue weighted by molar-refractivity contribution is 6.03. The standard InChI is InChI=1S/C28H30N4O/c1-3-4-5-25(21(2)26-12-15-30-20-31-26)27(33)32-16-13-28(19-29,14-17-32)18-22-6-8-23(9-7-22)24-10-11-24/h3-9,12,15,20,24H,1,10-11,13-14,16-18H2,2H3/b5-4-,25-21-. The molecule has 168 valence electrons. The van der Waals surface area contributed by atoms with Crippen molar-refractivity contribution in [3.8, 4) is 6.07 Å². The monoisotopic (exact) mass is 438 g/mol. The zero-order valence-electron chi connectivity index (χ0n) is 19.2. The van der Waals surface area contributed by atoms with E-state index in [0.717, 1.165) is 23.6 Å². The number of likely N-dealkylation sites (tertiary alicyclic amines) is 1. The Morgan fingerprint density at radius 3 is 2.55 bits per heavy atom. The molecule has 0 unspecified atom stereocenters. The van der Waals surface area contributed by atoms with Crippen molar-refractivity contribution in [2.75, 3.05) is 13.1 Å². The molecule has 5 heteroatoms. The fourth-order valence-electron chi connectivity index (χ4n) is 4.52. The Morgan fingerprint density at radius 1 is 1.24 bits per heavy atom. The molecule has 2 fully saturated rings. The molecule has 0 atom stereocenters. The summed E-state index contributed by atoms with van der Waals surface area (Å²) < 4.78 is 0. The molecule has 1 aromatic heterocycles. The van der Waals surface area contributed by atoms with E-state index in [9.17, 15) is 10.1 Å². The molecule has 5 nitrogen and oxygen atoms in total. The van der Waals surface area contributed by atoms with Crippen molar-refractivity contribution in [1.29, 1.82) is 5.26 Å². The molecule has 2 aromatic rings. The minimum absolute atomic E-state index is 0.0375. The van der Waals surface area contributed by atoms with Crippen molar-refractivity contribution in [1.82, 2.24) is 14.9 Å². The number of carbonyl (C=O) groups excluding carboxylic acids is 1. The van der Waals surface area contributed by atoms with Crippen LogP contribution in [-0.4, -0.2) is 33.9 Å². The number of nitrogens with zero attached hydrogens (tertiary/aromatic N) is 4. The molecule has 2 aliphatic rings. The summed E-state index contributed by atoms with van der Waals surface area (Å²) in [6, 6.07) is 13.2. The van der Waals surface area contributed by atoms with Gasteiger partial charge in [-0.2, -0.15) is 5.26 Å². The highest BCUT2D eigenvalue weighted by Gasteiger charge is 2.37. The van der Waals surface area contributed by atoms with E-state index >= 15 is 0 Å². The van der Waals surface area contributed by atoms with Crippen molar-refractivity contribution in [2.24, 2.45) is 5.41 Å². The second-order valence-electron chi connectivity index (χ2n) is 9.11. The number of benzene rings is 1. The Hall–Kier alpha value is -3.52. The van der Waals surface area contributed by atoms with E-state index in [-0.39, 0.29) is 5.91 Å². The molecule has 1 saturated heterocycles. The Labute approximate surface area is 196 Å². The lowest BCUT2D eigenvalue weighted by atomic mass is 9.75. The van der Waals surface area contributed by atoms with Gasteiger partial charge in [0.05, 0.1) is 17.2 Å². The molecule has 0 radical (unpaired) electrons. The Morgan fingerprint density at radius 2 is 1.97 bits per heavy atom. The predicted octanol–water partition coefficient (Wildman–Crippen LogP) is 5.24. The van der Waals surface area contributed by atoms with Gasteiger partial charge in [0.2, 0.25) is 0 Å². The average molecular weight is 439 g/mol. The van der Waals surface area contributed by atoms with E-state index in [1.807, 2.05) is 11.8 Å². The van der Waals surface area contributed by atoms with Crippen LogP contribution >= 0.6 is 0 Å². The number of carbonyl (C=O) groups is 1. The molecule has 0 spiro atoms. The van der Waals surface area contributed by atoms with Gasteiger partial charge in [-0.05, 0) is 73.8 Å². The van der Waals surface area contributed by atoms with Crippen LogP contribution in [0.5, 0.6) is 0 Å². The van der Waals surface area contributed by atoms with Crippen LogP contribution in [-0.2, 0) is 11.2 Å². The first kappa shape index (κ1) is 22.7. The SMILES string of the molecule is C=C/C=C\C(C(=O)N1CCC(C#N)(Cc2ccc(C3CC3)cc2)CC1)=C(/C)c1ccncn1. The zero-order valence-corrected chi connectivity index (χ0v) is 19.2. The number of piperidine rings is 1. The summed E-state index contributed by atoms with van der Waals surface area (Å²) in [6.45, 7) is 6.76. The molecule has 33 heavy (non-hydrogen) atoms. The van der Waals surface area contributed by atoms with Gasteiger partial charge in [0.25, 0.3) is 5.91 Å². The van der Waals surface area contributed by atoms with Crippen molar-refractivity contribution in [3.63, 3.8) is 0 Å². The van der Waals surface area contributed by atoms with Crippen LogP contribution in [0.3, 0.4) is 0 Å². The molecular weight excluding hydrogens is 408 g/mol. The second-order valence-corrected chi connectivity index (χ2v) is 9.11. The summed E-state index contributed by atoms with van der Waals surface area (Å²) in [7, 11) is 0. The van der Waals surface area contributed by atoms with Gasteiger partial charge in [-0.3, -0.25) is 4.79 Å². The van der Waals surface area contributed by atoms with Gasteiger partial charge in [0.1, 0.15) is 6.33 Å². The first-order valence-electron chi connectivity index (χ1n) is 11.6. The van der Waals surface area contributed by atoms with E-state index in [1.54, 1.807) is 30.5 Å². The Balaban J connectivity index is 1.47. The highest BCUT2D eigenvalue weighted by Crippen LogP contribution is 2.41. The number of allylic oxidation sites excluding steroid dienone is 3. The normalized spacial score (nSPS) is 18.5. The van der Waals surface area contributed by atoms with Crippen molar-refractivity contribution >= 4 is 11.5 Å². The lowest BCUT2D eigenvalue weighted by Crippen LogP contribution is -2.44. The Bertz CT molecular complexity index is 1100. The second kappa shape index (κ2) is 9.95. The predicted molar refractivity (Wildman–Crippen MR) is 130 cm³/mol. The fourth-order valence-corrected chi connectivity index (χ4v) is 4.52. The van der Waals surface area contributed by atoms with E-state index in [4.69, 9.17) is 0 Å². The number of amides is 1. The molecule has 1 aliphatic heterocycles. The zero-order chi connectivity index (χ0) is 23.3. The van der Waals surface area contributed by atoms with Gasteiger partial charge in [0.15, 0.2) is 0 Å². The van der Waals surface area contributed by atoms with Crippen LogP contribution in [0.2, 0.25) is 0 Å². The lowest BCUT2D eigenvalue weighted by molar-refractivity contribution is -0.128. The molecular formula is C28H30N4O. The maximum atomic E-state index is 13.4. The molecule has 0 bridgehead atoms. The number of rotatable bonds is 7. The number of nitriles is 1. The molecule has 1 aromatic carbocycles. The third-order valence-corrected chi connectivity index (χ3v) is 6.82. The summed E-state index contributed by atoms with van der Waals surface area (Å²) in [5, 5.41) is 10.0. The minimum atomic E-state index is -0.430. The Kier molecular flexibility index (Phi) is 6.84. The molecule has 4 rings (SSSR count). The first-order chi connectivity index (χ1) is 16.0. The van der Waals surface area contributed by atoms with E-state index in [1.165, 1.54) is 30.3 Å². The maximum Gasteiger partial charge on any atom is 0.254 e. The summed E-state index contributed by atoms with van der Waals surface area (Å²) in [6.07, 6.45) is 13.0. The van der Waals surface area contributed by atoms with Crippen molar-refractivity contribution in [3.05, 3.63) is 90.1 Å². The average Bonchev–Trinajstić information content (AvgIpc) is 3.71. The van der Waals surface area contributed by atoms with Crippen LogP contribution in [0.15, 0.2) is 73.2 Å². The third kappa shape index (κ3) is 5.28. The minimum Gasteiger partial charge on any atom is -0.339 e. The van der Waals surface area contributed by atoms with Crippen LogP contribution in [0.1, 0.15) is 55.3 Å². The number of hydrogen-bond acceptors (Lipinski definition) is 4. The van der Waals surface area contributed by atoms with Crippen molar-refractivity contribution in [2.45, 2.75) is 44.9 Å². The lowest BCUT2D eigenvalue weighted by Gasteiger charge is -2.37. The molecule has 1 amide bonds. The van der Waals surface area contributed by atoms with Gasteiger partial charge >= 0.3 is 0 Å². The number of aromatic nitrogens is 2. The molecule has 2 heterocycles. The first-order valence-corrected chi connectivity index (χ1v) is 11.6. The third-order valence-electron chi connectivity index (χ3n) is 6.82. The van der Waals surface area contributed by atoms with Gasteiger partial charge in [-0.25, -0.2) is 9.97 Å². The van der Waals surface area contributed by atoms with E-state index in [2.05, 4.69) is 46.9 Å². The topological polar surface area (TPSA) is 69.9 Å². The van der Waals surface area contributed by atoms with Gasteiger partial charge in [0, 0.05) is 24.9 Å². The van der Waals surface area contributed by atoms with Gasteiger partial charge in [-0.1, -0.05) is 43.0 Å². The smallest absolute Gasteiger partial charge is 0.254 e. The van der Waals surface area contributed by atoms with Crippen molar-refractivity contribution < 1.29 is 4.79 Å². The fraction of sp³-hybridized carbons (Fsp3) is 0.357. The number of hydrogen-bond donors (Lipinski definition) is 0. The molecule has 0 N–H and O–H groups in total. The van der Waals surface area contributed by atoms with Gasteiger partial charge in [-0.15, -0.1) is 0 Å². The maximum absolute atomic E-state index is 13.4. The van der Waals surface area contributed by atoms with Gasteiger partial charge < -0.3 is 4.90 Å².